The van der Waals surface area contributed by atoms with Gasteiger partial charge in [-0.1, -0.05) is 17.3 Å². The van der Waals surface area contributed by atoms with E-state index in [1.165, 1.54) is 17.0 Å². The Labute approximate surface area is 192 Å². The van der Waals surface area contributed by atoms with Gasteiger partial charge in [0.15, 0.2) is 5.82 Å². The number of hydrogen-bond donors (Lipinski definition) is 1. The maximum Gasteiger partial charge on any atom is 0.573 e. The van der Waals surface area contributed by atoms with Crippen molar-refractivity contribution in [1.82, 2.24) is 19.9 Å². The number of rotatable bonds is 5. The van der Waals surface area contributed by atoms with E-state index in [4.69, 9.17) is 9.63 Å². The van der Waals surface area contributed by atoms with Crippen molar-refractivity contribution >= 4 is 12.0 Å². The Bertz CT molecular complexity index is 1060. The molecule has 3 aliphatic rings. The third-order valence-corrected chi connectivity index (χ3v) is 6.56. The number of halogens is 3. The Kier molecular flexibility index (Phi) is 5.61. The van der Waals surface area contributed by atoms with E-state index < -0.39 is 18.2 Å². The number of likely N-dealkylation sites (tertiary alicyclic amines) is 2. The zero-order chi connectivity index (χ0) is 24.0. The van der Waals surface area contributed by atoms with Crippen LogP contribution in [0.1, 0.15) is 54.3 Å². The van der Waals surface area contributed by atoms with Crippen LogP contribution in [0.15, 0.2) is 28.8 Å². The van der Waals surface area contributed by atoms with Gasteiger partial charge in [-0.15, -0.1) is 13.2 Å². The molecular weight excluding hydrogens is 457 g/mol. The highest BCUT2D eigenvalue weighted by Crippen LogP contribution is 2.41. The molecule has 2 unspecified atom stereocenters. The number of urea groups is 1. The molecule has 0 radical (unpaired) electrons. The lowest BCUT2D eigenvalue weighted by molar-refractivity contribution is -0.274. The van der Waals surface area contributed by atoms with Crippen LogP contribution in [-0.2, 0) is 4.79 Å². The highest BCUT2D eigenvalue weighted by molar-refractivity contribution is 5.80. The van der Waals surface area contributed by atoms with Crippen molar-refractivity contribution in [2.24, 2.45) is 5.92 Å². The van der Waals surface area contributed by atoms with Gasteiger partial charge in [-0.05, 0) is 37.0 Å². The average molecular weight is 480 g/mol. The molecule has 2 saturated heterocycles. The number of alkyl halides is 3. The van der Waals surface area contributed by atoms with Crippen molar-refractivity contribution < 1.29 is 37.1 Å². The van der Waals surface area contributed by atoms with Crippen LogP contribution in [0.3, 0.4) is 0 Å². The molecule has 2 aromatic rings. The lowest BCUT2D eigenvalue weighted by Crippen LogP contribution is -2.58. The van der Waals surface area contributed by atoms with Crippen molar-refractivity contribution in [3.8, 4) is 5.75 Å². The second kappa shape index (κ2) is 8.48. The van der Waals surface area contributed by atoms with Gasteiger partial charge >= 0.3 is 18.4 Å². The summed E-state index contributed by atoms with van der Waals surface area (Å²) in [5.74, 6) is -0.839. The summed E-state index contributed by atoms with van der Waals surface area (Å²) in [4.78, 5) is 31.9. The van der Waals surface area contributed by atoms with Gasteiger partial charge in [0.05, 0.1) is 11.8 Å². The monoisotopic (exact) mass is 480 g/mol. The maximum atomic E-state index is 13.1. The first kappa shape index (κ1) is 22.5. The molecular formula is C22H23F3N4O5. The number of benzene rings is 1. The molecule has 2 aliphatic heterocycles. The molecule has 1 N–H and O–H groups in total. The molecule has 12 heteroatoms. The lowest BCUT2D eigenvalue weighted by atomic mass is 9.84. The minimum absolute atomic E-state index is 0.149. The number of ether oxygens (including phenoxy) is 1. The Hall–Kier alpha value is -3.31. The van der Waals surface area contributed by atoms with Crippen molar-refractivity contribution in [1.29, 1.82) is 0 Å². The normalized spacial score (nSPS) is 23.5. The van der Waals surface area contributed by atoms with Crippen molar-refractivity contribution in [3.05, 3.63) is 41.5 Å². The van der Waals surface area contributed by atoms with Crippen LogP contribution in [0.25, 0.3) is 0 Å². The van der Waals surface area contributed by atoms with Crippen molar-refractivity contribution in [3.63, 3.8) is 0 Å². The number of amides is 2. The Morgan fingerprint density at radius 2 is 1.65 bits per heavy atom. The molecule has 1 saturated carbocycles. The number of hydrogen-bond acceptors (Lipinski definition) is 6. The van der Waals surface area contributed by atoms with Crippen LogP contribution in [0.5, 0.6) is 5.75 Å². The van der Waals surface area contributed by atoms with Gasteiger partial charge in [0.25, 0.3) is 0 Å². The third kappa shape index (κ3) is 4.80. The Balaban J connectivity index is 1.34. The SMILES string of the molecule is O=C(O)C1CN(C(=O)N2CC(c3ccc(OC(F)(F)F)cc3)CC(c3nc(C4CC4)no3)C2)C1. The molecule has 1 aliphatic carbocycles. The average Bonchev–Trinajstić information content (AvgIpc) is 3.48. The summed E-state index contributed by atoms with van der Waals surface area (Å²) < 4.78 is 47.0. The number of piperidine rings is 1. The quantitative estimate of drug-likeness (QED) is 0.697. The number of carbonyl (C=O) groups is 2. The molecule has 34 heavy (non-hydrogen) atoms. The van der Waals surface area contributed by atoms with E-state index in [2.05, 4.69) is 14.9 Å². The molecule has 5 rings (SSSR count). The predicted molar refractivity (Wildman–Crippen MR) is 109 cm³/mol. The molecule has 3 fully saturated rings. The lowest BCUT2D eigenvalue weighted by Gasteiger charge is -2.43. The third-order valence-electron chi connectivity index (χ3n) is 6.56. The van der Waals surface area contributed by atoms with E-state index in [1.54, 1.807) is 17.0 Å². The summed E-state index contributed by atoms with van der Waals surface area (Å²) in [5.41, 5.74) is 0.756. The molecule has 2 amide bonds. The molecule has 3 heterocycles. The summed E-state index contributed by atoms with van der Waals surface area (Å²) in [6.07, 6.45) is -2.16. The van der Waals surface area contributed by atoms with E-state index in [0.717, 1.165) is 18.4 Å². The van der Waals surface area contributed by atoms with Crippen LogP contribution in [0.4, 0.5) is 18.0 Å². The van der Waals surface area contributed by atoms with Crippen LogP contribution < -0.4 is 4.74 Å². The Morgan fingerprint density at radius 3 is 2.26 bits per heavy atom. The van der Waals surface area contributed by atoms with E-state index in [9.17, 15) is 22.8 Å². The summed E-state index contributed by atoms with van der Waals surface area (Å²) in [6, 6.07) is 5.35. The second-order valence-corrected chi connectivity index (χ2v) is 9.14. The van der Waals surface area contributed by atoms with Gasteiger partial charge in [0, 0.05) is 38.0 Å². The number of carboxylic acids is 1. The van der Waals surface area contributed by atoms with E-state index in [1.807, 2.05) is 0 Å². The van der Waals surface area contributed by atoms with Gasteiger partial charge in [-0.2, -0.15) is 4.98 Å². The van der Waals surface area contributed by atoms with E-state index in [0.29, 0.717) is 37.1 Å². The zero-order valence-electron chi connectivity index (χ0n) is 18.1. The fraction of sp³-hybridized carbons (Fsp3) is 0.545. The first-order valence-electron chi connectivity index (χ1n) is 11.1. The fourth-order valence-electron chi connectivity index (χ4n) is 4.53. The number of carbonyl (C=O) groups excluding carboxylic acids is 1. The Morgan fingerprint density at radius 1 is 1.00 bits per heavy atom. The molecule has 1 aromatic heterocycles. The number of carboxylic acid groups (broad SMARTS) is 1. The zero-order valence-corrected chi connectivity index (χ0v) is 18.1. The summed E-state index contributed by atoms with van der Waals surface area (Å²) in [6.45, 7) is 0.976. The topological polar surface area (TPSA) is 109 Å². The number of nitrogens with zero attached hydrogens (tertiary/aromatic N) is 4. The molecule has 1 aromatic carbocycles. The van der Waals surface area contributed by atoms with Gasteiger partial charge in [0.1, 0.15) is 5.75 Å². The smallest absolute Gasteiger partial charge is 0.481 e. The van der Waals surface area contributed by atoms with Gasteiger partial charge in [-0.25, -0.2) is 4.79 Å². The molecule has 182 valence electrons. The van der Waals surface area contributed by atoms with Crippen molar-refractivity contribution in [2.45, 2.75) is 43.4 Å². The minimum Gasteiger partial charge on any atom is -0.481 e. The van der Waals surface area contributed by atoms with Gasteiger partial charge < -0.3 is 24.2 Å². The van der Waals surface area contributed by atoms with Gasteiger partial charge in [-0.3, -0.25) is 4.79 Å². The maximum absolute atomic E-state index is 13.1. The molecule has 0 bridgehead atoms. The van der Waals surface area contributed by atoms with Crippen LogP contribution >= 0.6 is 0 Å². The second-order valence-electron chi connectivity index (χ2n) is 9.14. The first-order chi connectivity index (χ1) is 16.2. The van der Waals surface area contributed by atoms with E-state index >= 15 is 0 Å². The molecule has 0 spiro atoms. The summed E-state index contributed by atoms with van der Waals surface area (Å²) in [7, 11) is 0. The highest BCUT2D eigenvalue weighted by atomic mass is 19.4. The van der Waals surface area contributed by atoms with Crippen LogP contribution in [-0.4, -0.2) is 69.6 Å². The van der Waals surface area contributed by atoms with Crippen LogP contribution in [0.2, 0.25) is 0 Å². The minimum atomic E-state index is -4.77. The van der Waals surface area contributed by atoms with Gasteiger partial charge in [0.2, 0.25) is 5.89 Å². The largest absolute Gasteiger partial charge is 0.573 e. The molecule has 9 nitrogen and oxygen atoms in total. The highest BCUT2D eigenvalue weighted by Gasteiger charge is 2.42. The number of aromatic nitrogens is 2. The fourth-order valence-corrected chi connectivity index (χ4v) is 4.53. The molecule has 2 atom stereocenters. The predicted octanol–water partition coefficient (Wildman–Crippen LogP) is 3.56. The summed E-state index contributed by atoms with van der Waals surface area (Å²) in [5, 5.41) is 13.2. The van der Waals surface area contributed by atoms with Crippen molar-refractivity contribution in [2.75, 3.05) is 26.2 Å². The first-order valence-corrected chi connectivity index (χ1v) is 11.1. The van der Waals surface area contributed by atoms with Crippen LogP contribution in [0, 0.1) is 5.92 Å². The standard InChI is InChI=1S/C22H23F3N4O5/c23-22(24,25)33-17-5-3-12(4-6-17)14-7-15(19-26-18(27-34-19)13-1-2-13)9-28(8-14)21(32)29-10-16(11-29)20(30)31/h3-6,13-16H,1-2,7-11H2,(H,30,31). The number of aliphatic carboxylic acids is 1. The van der Waals surface area contributed by atoms with E-state index in [-0.39, 0.29) is 36.7 Å². The summed E-state index contributed by atoms with van der Waals surface area (Å²) >= 11 is 0.